The first-order valence-corrected chi connectivity index (χ1v) is 10.6. The molecule has 116 valence electrons. The lowest BCUT2D eigenvalue weighted by Gasteiger charge is -2.44. The van der Waals surface area contributed by atoms with Crippen molar-refractivity contribution in [2.75, 3.05) is 0 Å². The molecule has 3 aliphatic carbocycles. The molecule has 1 unspecified atom stereocenters. The predicted molar refractivity (Wildman–Crippen MR) is 96.5 cm³/mol. The lowest BCUT2D eigenvalue weighted by atomic mass is 9.99. The predicted octanol–water partition coefficient (Wildman–Crippen LogP) is 6.57. The van der Waals surface area contributed by atoms with Crippen LogP contribution in [0.15, 0.2) is 36.0 Å². The third-order valence-electron chi connectivity index (χ3n) is 5.74. The molecule has 3 aliphatic rings. The van der Waals surface area contributed by atoms with Crippen LogP contribution < -0.4 is 0 Å². The third-order valence-corrected chi connectivity index (χ3v) is 9.80. The Morgan fingerprint density at radius 2 is 1.43 bits per heavy atom. The fourth-order valence-corrected chi connectivity index (χ4v) is 9.09. The Balaban J connectivity index is 1.85. The molecular weight excluding hydrogens is 271 g/mol. The highest BCUT2D eigenvalue weighted by molar-refractivity contribution is 7.60. The van der Waals surface area contributed by atoms with Gasteiger partial charge in [-0.05, 0) is 49.5 Å². The second-order valence-corrected chi connectivity index (χ2v) is 10.1. The minimum absolute atomic E-state index is 0.0871. The zero-order valence-electron chi connectivity index (χ0n) is 13.7. The molecule has 1 heteroatoms. The van der Waals surface area contributed by atoms with Crippen LogP contribution in [0.2, 0.25) is 0 Å². The Labute approximate surface area is 132 Å². The maximum Gasteiger partial charge on any atom is 0.0250 e. The molecule has 0 aromatic carbocycles. The highest BCUT2D eigenvalue weighted by atomic mass is 31.1. The number of hydrogen-bond donors (Lipinski definition) is 0. The molecule has 0 aromatic rings. The summed E-state index contributed by atoms with van der Waals surface area (Å²) in [6, 6.07) is 0. The molecule has 21 heavy (non-hydrogen) atoms. The van der Waals surface area contributed by atoms with E-state index in [1.54, 1.807) is 5.57 Å². The normalized spacial score (nSPS) is 29.0. The molecule has 0 amide bonds. The molecular formula is C20H31P. The van der Waals surface area contributed by atoms with Crippen molar-refractivity contribution in [2.24, 2.45) is 0 Å². The van der Waals surface area contributed by atoms with Crippen LogP contribution in [-0.2, 0) is 0 Å². The second kappa shape index (κ2) is 7.28. The van der Waals surface area contributed by atoms with Crippen molar-refractivity contribution in [1.29, 1.82) is 0 Å². The highest BCUT2D eigenvalue weighted by Gasteiger charge is 2.37. The van der Waals surface area contributed by atoms with Crippen LogP contribution in [0.3, 0.4) is 0 Å². The summed E-state index contributed by atoms with van der Waals surface area (Å²) >= 11 is 0. The lowest BCUT2D eigenvalue weighted by Crippen LogP contribution is -2.28. The summed E-state index contributed by atoms with van der Waals surface area (Å²) in [5.74, 6) is 0. The lowest BCUT2D eigenvalue weighted by molar-refractivity contribution is 0.483. The monoisotopic (exact) mass is 302 g/mol. The Morgan fingerprint density at radius 1 is 0.905 bits per heavy atom. The van der Waals surface area contributed by atoms with Gasteiger partial charge in [-0.2, -0.15) is 0 Å². The summed E-state index contributed by atoms with van der Waals surface area (Å²) in [6.45, 7) is 6.81. The van der Waals surface area contributed by atoms with E-state index in [4.69, 9.17) is 0 Å². The first kappa shape index (κ1) is 15.5. The molecule has 0 nitrogen and oxygen atoms in total. The number of allylic oxidation sites excluding steroid dienone is 5. The van der Waals surface area contributed by atoms with Crippen LogP contribution in [0.4, 0.5) is 0 Å². The maximum atomic E-state index is 4.45. The topological polar surface area (TPSA) is 0 Å². The van der Waals surface area contributed by atoms with Gasteiger partial charge >= 0.3 is 0 Å². The van der Waals surface area contributed by atoms with E-state index in [0.717, 1.165) is 11.3 Å². The van der Waals surface area contributed by atoms with E-state index >= 15 is 0 Å². The highest BCUT2D eigenvalue weighted by Crippen LogP contribution is 2.62. The van der Waals surface area contributed by atoms with Gasteiger partial charge in [0.1, 0.15) is 0 Å². The summed E-state index contributed by atoms with van der Waals surface area (Å²) in [5.41, 5.74) is 5.76. The Morgan fingerprint density at radius 3 is 1.90 bits per heavy atom. The molecule has 3 rings (SSSR count). The standard InChI is InChI=1S/C20H31P/c1-16-10-9-11-17(2)20(16)21(18-12-5-3-6-13-18)19-14-7-4-8-15-19/h9-11,18-20H,1,3-8,12-15H2,2H3. The van der Waals surface area contributed by atoms with Crippen molar-refractivity contribution >= 4 is 7.92 Å². The molecule has 0 N–H and O–H groups in total. The average Bonchev–Trinajstić information content (AvgIpc) is 2.53. The Kier molecular flexibility index (Phi) is 5.38. The van der Waals surface area contributed by atoms with Gasteiger partial charge in [0.2, 0.25) is 0 Å². The largest absolute Gasteiger partial charge is 0.0949 e. The first-order chi connectivity index (χ1) is 10.3. The molecule has 0 radical (unpaired) electrons. The van der Waals surface area contributed by atoms with E-state index in [9.17, 15) is 0 Å². The van der Waals surface area contributed by atoms with Gasteiger partial charge < -0.3 is 0 Å². The van der Waals surface area contributed by atoms with Crippen LogP contribution in [-0.4, -0.2) is 17.0 Å². The molecule has 0 saturated heterocycles. The van der Waals surface area contributed by atoms with Crippen LogP contribution in [0.25, 0.3) is 0 Å². The summed E-state index contributed by atoms with van der Waals surface area (Å²) in [7, 11) is 0.0871. The Bertz CT molecular complexity index is 401. The van der Waals surface area contributed by atoms with E-state index in [1.807, 2.05) is 0 Å². The van der Waals surface area contributed by atoms with Crippen molar-refractivity contribution in [3.63, 3.8) is 0 Å². The third kappa shape index (κ3) is 3.53. The minimum atomic E-state index is 0.0871. The summed E-state index contributed by atoms with van der Waals surface area (Å²) in [4.78, 5) is 0. The molecule has 0 bridgehead atoms. The molecule has 0 heterocycles. The fourth-order valence-electron chi connectivity index (χ4n) is 4.70. The van der Waals surface area contributed by atoms with Crippen molar-refractivity contribution in [2.45, 2.75) is 88.1 Å². The van der Waals surface area contributed by atoms with Crippen molar-refractivity contribution in [3.8, 4) is 0 Å². The van der Waals surface area contributed by atoms with E-state index < -0.39 is 0 Å². The fraction of sp³-hybridized carbons (Fsp3) is 0.700. The Hall–Kier alpha value is -0.350. The molecule has 0 spiro atoms. The zero-order chi connectivity index (χ0) is 14.7. The minimum Gasteiger partial charge on any atom is -0.0949 e. The number of hydrogen-bond acceptors (Lipinski definition) is 0. The molecule has 0 aliphatic heterocycles. The van der Waals surface area contributed by atoms with E-state index in [1.165, 1.54) is 69.8 Å². The van der Waals surface area contributed by atoms with Crippen molar-refractivity contribution < 1.29 is 0 Å². The quantitative estimate of drug-likeness (QED) is 0.517. The van der Waals surface area contributed by atoms with Crippen LogP contribution in [0.1, 0.15) is 71.1 Å². The van der Waals surface area contributed by atoms with Crippen molar-refractivity contribution in [1.82, 2.24) is 0 Å². The zero-order valence-corrected chi connectivity index (χ0v) is 14.6. The summed E-state index contributed by atoms with van der Waals surface area (Å²) < 4.78 is 0. The second-order valence-electron chi connectivity index (χ2n) is 7.28. The van der Waals surface area contributed by atoms with Gasteiger partial charge in [0.15, 0.2) is 0 Å². The molecule has 2 fully saturated rings. The first-order valence-electron chi connectivity index (χ1n) is 9.08. The van der Waals surface area contributed by atoms with Gasteiger partial charge in [-0.3, -0.25) is 0 Å². The van der Waals surface area contributed by atoms with E-state index in [-0.39, 0.29) is 7.92 Å². The van der Waals surface area contributed by atoms with Gasteiger partial charge in [0.05, 0.1) is 0 Å². The van der Waals surface area contributed by atoms with E-state index in [2.05, 4.69) is 31.7 Å². The smallest absolute Gasteiger partial charge is 0.0250 e. The van der Waals surface area contributed by atoms with E-state index in [0.29, 0.717) is 5.66 Å². The van der Waals surface area contributed by atoms with Crippen LogP contribution in [0, 0.1) is 0 Å². The molecule has 1 atom stereocenters. The van der Waals surface area contributed by atoms with Crippen LogP contribution in [0.5, 0.6) is 0 Å². The molecule has 2 saturated carbocycles. The van der Waals surface area contributed by atoms with Crippen LogP contribution >= 0.6 is 7.92 Å². The van der Waals surface area contributed by atoms with Gasteiger partial charge in [0.25, 0.3) is 0 Å². The van der Waals surface area contributed by atoms with Crippen molar-refractivity contribution in [3.05, 3.63) is 36.0 Å². The SMILES string of the molecule is C=C1C=CC=C(C)C1P(C1CCCCC1)C1CCCCC1. The molecule has 0 aromatic heterocycles. The number of rotatable bonds is 3. The van der Waals surface area contributed by atoms with Gasteiger partial charge in [-0.15, -0.1) is 0 Å². The maximum absolute atomic E-state index is 4.45. The average molecular weight is 302 g/mol. The van der Waals surface area contributed by atoms with Gasteiger partial charge in [-0.25, -0.2) is 0 Å². The van der Waals surface area contributed by atoms with Gasteiger partial charge in [-0.1, -0.05) is 76.8 Å². The summed E-state index contributed by atoms with van der Waals surface area (Å²) in [6.07, 6.45) is 21.7. The van der Waals surface area contributed by atoms with Gasteiger partial charge in [0, 0.05) is 5.66 Å². The summed E-state index contributed by atoms with van der Waals surface area (Å²) in [5, 5.41) is 0.